The van der Waals surface area contributed by atoms with Crippen LogP contribution in [0.4, 0.5) is 18.9 Å². The van der Waals surface area contributed by atoms with Crippen LogP contribution >= 0.6 is 15.9 Å². The Morgan fingerprint density at radius 3 is 2.23 bits per heavy atom. The van der Waals surface area contributed by atoms with Crippen LogP contribution in [0.25, 0.3) is 0 Å². The van der Waals surface area contributed by atoms with Crippen molar-refractivity contribution in [2.24, 2.45) is 10.8 Å². The second-order valence-electron chi connectivity index (χ2n) is 11.9. The van der Waals surface area contributed by atoms with Gasteiger partial charge in [-0.2, -0.15) is 0 Å². The first-order chi connectivity index (χ1) is 16.5. The topological polar surface area (TPSA) is 33.2 Å². The third kappa shape index (κ3) is 3.75. The van der Waals surface area contributed by atoms with Crippen molar-refractivity contribution in [1.82, 2.24) is 4.98 Å². The van der Waals surface area contributed by atoms with Crippen LogP contribution < -0.4 is 4.90 Å². The van der Waals surface area contributed by atoms with Crippen molar-refractivity contribution in [3.8, 4) is 0 Å². The van der Waals surface area contributed by atoms with Gasteiger partial charge in [-0.25, -0.2) is 13.2 Å². The number of anilines is 1. The molecule has 6 aliphatic rings. The fourth-order valence-electron chi connectivity index (χ4n) is 7.29. The van der Waals surface area contributed by atoms with Gasteiger partial charge in [0.15, 0.2) is 0 Å². The molecule has 1 heterocycles. The summed E-state index contributed by atoms with van der Waals surface area (Å²) < 4.78 is 42.5. The summed E-state index contributed by atoms with van der Waals surface area (Å²) in [7, 11) is 0. The zero-order chi connectivity index (χ0) is 24.7. The normalized spacial score (nSPS) is 35.2. The van der Waals surface area contributed by atoms with Gasteiger partial charge >= 0.3 is 0 Å². The molecule has 0 N–H and O–H groups in total. The molecule has 0 atom stereocenters. The number of carbonyl (C=O) groups excluding carboxylic acids is 1. The van der Waals surface area contributed by atoms with Crippen molar-refractivity contribution in [1.29, 1.82) is 0 Å². The van der Waals surface area contributed by atoms with E-state index in [0.29, 0.717) is 25.8 Å². The number of hydrogen-bond acceptors (Lipinski definition) is 2. The smallest absolute Gasteiger partial charge is 0.272 e. The maximum Gasteiger partial charge on any atom is 0.272 e. The molecular formula is C28H30BrF3N2O. The molecule has 6 saturated carbocycles. The molecule has 0 radical (unpaired) electrons. The van der Waals surface area contributed by atoms with E-state index in [1.807, 2.05) is 29.2 Å². The van der Waals surface area contributed by atoms with E-state index < -0.39 is 17.0 Å². The van der Waals surface area contributed by atoms with E-state index in [0.717, 1.165) is 61.3 Å². The molecule has 35 heavy (non-hydrogen) atoms. The molecule has 4 bridgehead atoms. The number of amides is 1. The highest BCUT2D eigenvalue weighted by Crippen LogP contribution is 2.70. The first-order valence-electron chi connectivity index (χ1n) is 12.6. The molecule has 0 saturated heterocycles. The van der Waals surface area contributed by atoms with Gasteiger partial charge in [0, 0.05) is 46.5 Å². The van der Waals surface area contributed by atoms with Crippen molar-refractivity contribution in [3.05, 3.63) is 58.3 Å². The van der Waals surface area contributed by atoms with E-state index in [-0.39, 0.29) is 22.3 Å². The molecule has 186 valence electrons. The van der Waals surface area contributed by atoms with Crippen LogP contribution in [-0.4, -0.2) is 23.1 Å². The highest BCUT2D eigenvalue weighted by atomic mass is 79.9. The average molecular weight is 547 g/mol. The minimum absolute atomic E-state index is 0.0209. The number of pyridine rings is 1. The molecule has 1 aromatic heterocycles. The molecule has 8 rings (SSSR count). The minimum atomic E-state index is -2.89. The number of benzene rings is 1. The van der Waals surface area contributed by atoms with Crippen LogP contribution in [0.2, 0.25) is 0 Å². The minimum Gasteiger partial charge on any atom is -0.311 e. The van der Waals surface area contributed by atoms with E-state index in [2.05, 4.69) is 20.9 Å². The number of carbonyl (C=O) groups is 1. The summed E-state index contributed by atoms with van der Waals surface area (Å²) in [5, 5.41) is 0. The molecule has 1 aromatic carbocycles. The van der Waals surface area contributed by atoms with Crippen LogP contribution in [0.1, 0.15) is 76.0 Å². The molecule has 2 aromatic rings. The molecule has 3 nitrogen and oxygen atoms in total. The quantitative estimate of drug-likeness (QED) is 0.376. The SMILES string of the molecule is CC(F)(F)c1ccc(C23CCC(CN(C(=O)C45CC(F)(C4)C5)c4cccc(Br)c4)(CC2)CC3)nc1. The van der Waals surface area contributed by atoms with Crippen LogP contribution in [0, 0.1) is 10.8 Å². The maximum atomic E-state index is 14.3. The van der Waals surface area contributed by atoms with Gasteiger partial charge in [-0.15, -0.1) is 0 Å². The molecule has 0 aliphatic heterocycles. The highest BCUT2D eigenvalue weighted by Gasteiger charge is 2.73. The standard InChI is InChI=1S/C28H30BrF3N2O/c1-24(30,31)19-5-6-22(33-14-19)26-10-7-25(8-11-26,9-12-26)18-34(21-4-2-3-20(29)13-21)23(35)27-15-28(32,16-27)17-27/h2-6,13-14H,7-12,15-18H2,1H3. The van der Waals surface area contributed by atoms with Crippen molar-refractivity contribution in [2.75, 3.05) is 11.4 Å². The van der Waals surface area contributed by atoms with Gasteiger partial charge in [0.25, 0.3) is 5.92 Å². The second-order valence-corrected chi connectivity index (χ2v) is 12.8. The highest BCUT2D eigenvalue weighted by molar-refractivity contribution is 9.10. The van der Waals surface area contributed by atoms with Gasteiger partial charge in [0.05, 0.1) is 5.41 Å². The van der Waals surface area contributed by atoms with Gasteiger partial charge in [-0.3, -0.25) is 9.78 Å². The molecule has 0 unspecified atom stereocenters. The van der Waals surface area contributed by atoms with E-state index in [4.69, 9.17) is 0 Å². The lowest BCUT2D eigenvalue weighted by Gasteiger charge is -2.65. The first kappa shape index (κ1) is 23.5. The second kappa shape index (κ2) is 7.56. The van der Waals surface area contributed by atoms with Crippen molar-refractivity contribution in [2.45, 2.75) is 81.7 Å². The van der Waals surface area contributed by atoms with E-state index in [9.17, 15) is 18.0 Å². The van der Waals surface area contributed by atoms with E-state index >= 15 is 0 Å². The van der Waals surface area contributed by atoms with Crippen molar-refractivity contribution >= 4 is 27.5 Å². The van der Waals surface area contributed by atoms with Gasteiger partial charge in [0.2, 0.25) is 5.91 Å². The fourth-order valence-corrected chi connectivity index (χ4v) is 7.68. The molecule has 1 amide bonds. The van der Waals surface area contributed by atoms with Crippen LogP contribution in [0.5, 0.6) is 0 Å². The van der Waals surface area contributed by atoms with Gasteiger partial charge < -0.3 is 4.90 Å². The Kier molecular flexibility index (Phi) is 5.08. The number of alkyl halides is 3. The van der Waals surface area contributed by atoms with Crippen molar-refractivity contribution < 1.29 is 18.0 Å². The van der Waals surface area contributed by atoms with Gasteiger partial charge in [0.1, 0.15) is 5.67 Å². The fraction of sp³-hybridized carbons (Fsp3) is 0.571. The van der Waals surface area contributed by atoms with E-state index in [1.54, 1.807) is 6.07 Å². The predicted octanol–water partition coefficient (Wildman–Crippen LogP) is 7.47. The number of aromatic nitrogens is 1. The van der Waals surface area contributed by atoms with Crippen LogP contribution in [0.15, 0.2) is 47.1 Å². The number of hydrogen-bond donors (Lipinski definition) is 0. The van der Waals surface area contributed by atoms with Gasteiger partial charge in [-0.1, -0.05) is 22.0 Å². The third-order valence-corrected chi connectivity index (χ3v) is 9.99. The maximum absolute atomic E-state index is 14.3. The Bertz CT molecular complexity index is 1130. The Labute approximate surface area is 212 Å². The number of halogens is 4. The molecular weight excluding hydrogens is 517 g/mol. The Morgan fingerprint density at radius 1 is 1.06 bits per heavy atom. The average Bonchev–Trinajstić information content (AvgIpc) is 2.80. The monoisotopic (exact) mass is 546 g/mol. The third-order valence-electron chi connectivity index (χ3n) is 9.49. The summed E-state index contributed by atoms with van der Waals surface area (Å²) in [4.78, 5) is 20.2. The lowest BCUT2D eigenvalue weighted by molar-refractivity contribution is -0.211. The Hall–Kier alpha value is -1.89. The van der Waals surface area contributed by atoms with E-state index in [1.165, 1.54) is 12.3 Å². The molecule has 6 fully saturated rings. The van der Waals surface area contributed by atoms with Crippen LogP contribution in [-0.2, 0) is 16.1 Å². The summed E-state index contributed by atoms with van der Waals surface area (Å²) in [6, 6.07) is 11.2. The lowest BCUT2D eigenvalue weighted by atomic mass is 9.41. The number of fused-ring (bicyclic) bond motifs is 3. The summed E-state index contributed by atoms with van der Waals surface area (Å²) in [6.45, 7) is 1.55. The van der Waals surface area contributed by atoms with Gasteiger partial charge in [-0.05, 0) is 93.5 Å². The summed E-state index contributed by atoms with van der Waals surface area (Å²) in [5.41, 5.74) is 0.0579. The summed E-state index contributed by atoms with van der Waals surface area (Å²) in [5.74, 6) is -2.81. The molecule has 6 aliphatic carbocycles. The molecule has 0 spiro atoms. The Balaban J connectivity index is 1.22. The Morgan fingerprint density at radius 2 is 1.71 bits per heavy atom. The first-order valence-corrected chi connectivity index (χ1v) is 13.4. The lowest BCUT2D eigenvalue weighted by Crippen LogP contribution is -2.71. The predicted molar refractivity (Wildman–Crippen MR) is 132 cm³/mol. The largest absolute Gasteiger partial charge is 0.311 e. The molecule has 7 heteroatoms. The van der Waals surface area contributed by atoms with Crippen LogP contribution in [0.3, 0.4) is 0 Å². The summed E-state index contributed by atoms with van der Waals surface area (Å²) in [6.07, 6.45) is 8.15. The number of nitrogens with zero attached hydrogens (tertiary/aromatic N) is 2. The van der Waals surface area contributed by atoms with Crippen molar-refractivity contribution in [3.63, 3.8) is 0 Å². The summed E-state index contributed by atoms with van der Waals surface area (Å²) >= 11 is 3.54. The zero-order valence-electron chi connectivity index (χ0n) is 19.9. The number of rotatable bonds is 6. The zero-order valence-corrected chi connectivity index (χ0v) is 21.5.